The lowest BCUT2D eigenvalue weighted by Gasteiger charge is -2.13. The first-order valence-corrected chi connectivity index (χ1v) is 9.24. The van der Waals surface area contributed by atoms with E-state index in [4.69, 9.17) is 4.74 Å². The van der Waals surface area contributed by atoms with Gasteiger partial charge in [-0.05, 0) is 55.5 Å². The highest BCUT2D eigenvalue weighted by atomic mass is 16.5. The molecule has 1 N–H and O–H groups in total. The fourth-order valence-electron chi connectivity index (χ4n) is 3.01. The highest BCUT2D eigenvalue weighted by molar-refractivity contribution is 5.95. The number of methoxy groups -OCH3 is 1. The smallest absolute Gasteiger partial charge is 0.251 e. The van der Waals surface area contributed by atoms with Gasteiger partial charge >= 0.3 is 0 Å². The number of aromatic nitrogens is 4. The Morgan fingerprint density at radius 2 is 1.86 bits per heavy atom. The summed E-state index contributed by atoms with van der Waals surface area (Å²) in [6.45, 7) is 1.94. The van der Waals surface area contributed by atoms with Crippen molar-refractivity contribution in [2.75, 3.05) is 7.11 Å². The Labute approximate surface area is 168 Å². The van der Waals surface area contributed by atoms with E-state index in [9.17, 15) is 4.79 Å². The highest BCUT2D eigenvalue weighted by Crippen LogP contribution is 2.18. The average Bonchev–Trinajstić information content (AvgIpc) is 3.46. The van der Waals surface area contributed by atoms with Crippen molar-refractivity contribution in [2.45, 2.75) is 13.0 Å². The summed E-state index contributed by atoms with van der Waals surface area (Å²) in [5.74, 6) is 0.641. The lowest BCUT2D eigenvalue weighted by atomic mass is 10.1. The summed E-state index contributed by atoms with van der Waals surface area (Å²) in [6, 6.07) is 16.6. The molecule has 4 rings (SSSR count). The van der Waals surface area contributed by atoms with Crippen molar-refractivity contribution < 1.29 is 9.53 Å². The van der Waals surface area contributed by atoms with Crippen LogP contribution in [0.2, 0.25) is 0 Å². The fraction of sp³-hybridized carbons (Fsp3) is 0.136. The zero-order chi connectivity index (χ0) is 20.2. The first-order chi connectivity index (χ1) is 14.1. The van der Waals surface area contributed by atoms with Crippen molar-refractivity contribution in [2.24, 2.45) is 0 Å². The number of carbonyl (C=O) groups excluding carboxylic acids is 1. The molecule has 0 aliphatic heterocycles. The van der Waals surface area contributed by atoms with Crippen molar-refractivity contribution in [3.63, 3.8) is 0 Å². The van der Waals surface area contributed by atoms with Crippen LogP contribution < -0.4 is 10.1 Å². The fourth-order valence-corrected chi connectivity index (χ4v) is 3.01. The molecule has 2 aromatic heterocycles. The van der Waals surface area contributed by atoms with Crippen molar-refractivity contribution >= 4 is 5.91 Å². The first-order valence-electron chi connectivity index (χ1n) is 9.24. The number of amides is 1. The van der Waals surface area contributed by atoms with Crippen LogP contribution in [-0.2, 0) is 0 Å². The number of hydrogen-bond acceptors (Lipinski definition) is 4. The molecule has 1 unspecified atom stereocenters. The van der Waals surface area contributed by atoms with Gasteiger partial charge in [-0.15, -0.1) is 0 Å². The molecular formula is C22H21N5O2. The van der Waals surface area contributed by atoms with Crippen LogP contribution in [0.25, 0.3) is 11.4 Å². The molecule has 7 heteroatoms. The molecule has 2 aromatic carbocycles. The second-order valence-corrected chi connectivity index (χ2v) is 6.61. The van der Waals surface area contributed by atoms with Gasteiger partial charge in [-0.1, -0.05) is 6.07 Å². The van der Waals surface area contributed by atoms with Crippen LogP contribution >= 0.6 is 0 Å². The molecule has 4 aromatic rings. The molecule has 0 fully saturated rings. The Balaban J connectivity index is 1.47. The maximum Gasteiger partial charge on any atom is 0.251 e. The van der Waals surface area contributed by atoms with Crippen molar-refractivity contribution in [1.82, 2.24) is 24.9 Å². The Kier molecular flexibility index (Phi) is 5.11. The largest absolute Gasteiger partial charge is 0.497 e. The van der Waals surface area contributed by atoms with Gasteiger partial charge in [0.25, 0.3) is 5.91 Å². The maximum absolute atomic E-state index is 12.7. The van der Waals surface area contributed by atoms with E-state index < -0.39 is 0 Å². The van der Waals surface area contributed by atoms with Crippen LogP contribution in [0.15, 0.2) is 79.4 Å². The first kappa shape index (κ1) is 18.5. The number of nitrogens with zero attached hydrogens (tertiary/aromatic N) is 4. The van der Waals surface area contributed by atoms with Crippen molar-refractivity contribution in [3.05, 3.63) is 90.5 Å². The van der Waals surface area contributed by atoms with Gasteiger partial charge in [-0.3, -0.25) is 4.79 Å². The second-order valence-electron chi connectivity index (χ2n) is 6.61. The van der Waals surface area contributed by atoms with Crippen molar-refractivity contribution in [3.8, 4) is 17.1 Å². The van der Waals surface area contributed by atoms with Crippen LogP contribution in [-0.4, -0.2) is 32.6 Å². The Morgan fingerprint density at radius 3 is 2.59 bits per heavy atom. The number of hydrogen-bond donors (Lipinski definition) is 1. The summed E-state index contributed by atoms with van der Waals surface area (Å²) in [5.41, 5.74) is 3.25. The van der Waals surface area contributed by atoms with Gasteiger partial charge in [0.2, 0.25) is 0 Å². The predicted octanol–water partition coefficient (Wildman–Crippen LogP) is 3.56. The molecule has 0 spiro atoms. The minimum absolute atomic E-state index is 0.149. The van der Waals surface area contributed by atoms with E-state index >= 15 is 0 Å². The van der Waals surface area contributed by atoms with Gasteiger partial charge in [-0.25, -0.2) is 9.36 Å². The molecule has 0 bridgehead atoms. The third-order valence-corrected chi connectivity index (χ3v) is 4.66. The molecule has 0 aliphatic rings. The third kappa shape index (κ3) is 4.03. The molecule has 0 aliphatic carbocycles. The zero-order valence-electron chi connectivity index (χ0n) is 16.2. The molecular weight excluding hydrogens is 366 g/mol. The molecule has 0 saturated heterocycles. The third-order valence-electron chi connectivity index (χ3n) is 4.66. The van der Waals surface area contributed by atoms with E-state index in [-0.39, 0.29) is 11.9 Å². The molecule has 29 heavy (non-hydrogen) atoms. The standard InChI is InChI=1S/C22H21N5O2/c1-16(18-14-24-27(15-18)19-7-9-21(29-2)10-8-19)25-22(28)17-5-3-6-20(13-17)26-12-4-11-23-26/h3-16H,1-2H3,(H,25,28). The summed E-state index contributed by atoms with van der Waals surface area (Å²) in [6.07, 6.45) is 7.21. The van der Waals surface area contributed by atoms with E-state index in [1.807, 2.05) is 67.8 Å². The van der Waals surface area contributed by atoms with Crippen molar-refractivity contribution in [1.29, 1.82) is 0 Å². The molecule has 1 atom stereocenters. The minimum atomic E-state index is -0.192. The molecule has 1 amide bonds. The van der Waals surface area contributed by atoms with E-state index in [1.165, 1.54) is 0 Å². The summed E-state index contributed by atoms with van der Waals surface area (Å²) >= 11 is 0. The minimum Gasteiger partial charge on any atom is -0.497 e. The van der Waals surface area contributed by atoms with Gasteiger partial charge in [0.05, 0.1) is 30.7 Å². The lowest BCUT2D eigenvalue weighted by molar-refractivity contribution is 0.0940. The number of rotatable bonds is 6. The van der Waals surface area contributed by atoms with E-state index in [0.717, 1.165) is 22.7 Å². The lowest BCUT2D eigenvalue weighted by Crippen LogP contribution is -2.26. The van der Waals surface area contributed by atoms with Crippen LogP contribution in [0, 0.1) is 0 Å². The van der Waals surface area contributed by atoms with Gasteiger partial charge in [0.1, 0.15) is 5.75 Å². The molecule has 7 nitrogen and oxygen atoms in total. The second kappa shape index (κ2) is 8.02. The Bertz CT molecular complexity index is 1100. The van der Waals surface area contributed by atoms with Gasteiger partial charge < -0.3 is 10.1 Å². The topological polar surface area (TPSA) is 74.0 Å². The normalized spacial score (nSPS) is 11.8. The van der Waals surface area contributed by atoms with E-state index in [1.54, 1.807) is 34.9 Å². The Morgan fingerprint density at radius 1 is 1.03 bits per heavy atom. The highest BCUT2D eigenvalue weighted by Gasteiger charge is 2.14. The number of benzene rings is 2. The maximum atomic E-state index is 12.7. The number of ether oxygens (including phenoxy) is 1. The monoisotopic (exact) mass is 387 g/mol. The Hall–Kier alpha value is -3.87. The number of carbonyl (C=O) groups is 1. The van der Waals surface area contributed by atoms with Crippen LogP contribution in [0.1, 0.15) is 28.9 Å². The van der Waals surface area contributed by atoms with Crippen LogP contribution in [0.3, 0.4) is 0 Å². The van der Waals surface area contributed by atoms with Crippen LogP contribution in [0.5, 0.6) is 5.75 Å². The quantitative estimate of drug-likeness (QED) is 0.549. The summed E-state index contributed by atoms with van der Waals surface area (Å²) in [4.78, 5) is 12.7. The van der Waals surface area contributed by atoms with E-state index in [0.29, 0.717) is 5.56 Å². The SMILES string of the molecule is COc1ccc(-n2cc(C(C)NC(=O)c3cccc(-n4cccn4)c3)cn2)cc1. The zero-order valence-corrected chi connectivity index (χ0v) is 16.2. The molecule has 146 valence electrons. The molecule has 2 heterocycles. The summed E-state index contributed by atoms with van der Waals surface area (Å²) in [7, 11) is 1.64. The molecule has 0 saturated carbocycles. The van der Waals surface area contributed by atoms with Gasteiger partial charge in [0.15, 0.2) is 0 Å². The summed E-state index contributed by atoms with van der Waals surface area (Å²) < 4.78 is 8.68. The van der Waals surface area contributed by atoms with Gasteiger partial charge in [-0.2, -0.15) is 10.2 Å². The average molecular weight is 387 g/mol. The predicted molar refractivity (Wildman–Crippen MR) is 110 cm³/mol. The number of nitrogens with one attached hydrogen (secondary N) is 1. The van der Waals surface area contributed by atoms with E-state index in [2.05, 4.69) is 15.5 Å². The summed E-state index contributed by atoms with van der Waals surface area (Å²) in [5, 5.41) is 11.6. The van der Waals surface area contributed by atoms with Gasteiger partial charge in [0, 0.05) is 29.7 Å². The molecule has 0 radical (unpaired) electrons. The van der Waals surface area contributed by atoms with Crippen LogP contribution in [0.4, 0.5) is 0 Å².